The maximum Gasteiger partial charge on any atom is 0.236 e. The maximum absolute atomic E-state index is 5.85. The number of aryl methyl sites for hydroxylation is 1. The second-order valence-corrected chi connectivity index (χ2v) is 6.51. The Bertz CT molecular complexity index is 558. The maximum atomic E-state index is 5.85. The van der Waals surface area contributed by atoms with Crippen molar-refractivity contribution in [2.45, 2.75) is 39.3 Å². The van der Waals surface area contributed by atoms with Crippen molar-refractivity contribution in [3.05, 3.63) is 29.0 Å². The average Bonchev–Trinajstić information content (AvgIpc) is 3.15. The van der Waals surface area contributed by atoms with Gasteiger partial charge in [-0.3, -0.25) is 4.90 Å². The highest BCUT2D eigenvalue weighted by Crippen LogP contribution is 2.27. The molecule has 0 spiro atoms. The Balaban J connectivity index is 1.74. The smallest absolute Gasteiger partial charge is 0.236 e. The Morgan fingerprint density at radius 3 is 3.10 bits per heavy atom. The van der Waals surface area contributed by atoms with Gasteiger partial charge in [-0.25, -0.2) is 4.98 Å². The minimum atomic E-state index is 0.616. The number of oxazole rings is 1. The molecule has 4 nitrogen and oxygen atoms in total. The third kappa shape index (κ3) is 3.36. The molecule has 1 atom stereocenters. The van der Waals surface area contributed by atoms with Gasteiger partial charge in [0.05, 0.1) is 10.6 Å². The van der Waals surface area contributed by atoms with E-state index in [-0.39, 0.29) is 0 Å². The fourth-order valence-electron chi connectivity index (χ4n) is 2.92. The third-order valence-electron chi connectivity index (χ3n) is 4.17. The van der Waals surface area contributed by atoms with E-state index in [1.807, 2.05) is 13.0 Å². The number of thiophene rings is 1. The Morgan fingerprint density at radius 1 is 1.52 bits per heavy atom. The second kappa shape index (κ2) is 6.73. The van der Waals surface area contributed by atoms with Gasteiger partial charge in [-0.05, 0) is 44.3 Å². The molecule has 114 valence electrons. The van der Waals surface area contributed by atoms with Crippen LogP contribution in [0.4, 0.5) is 0 Å². The quantitative estimate of drug-likeness (QED) is 0.920. The van der Waals surface area contributed by atoms with Crippen molar-refractivity contribution in [1.82, 2.24) is 15.2 Å². The molecule has 3 rings (SSSR count). The predicted octanol–water partition coefficient (Wildman–Crippen LogP) is 3.29. The van der Waals surface area contributed by atoms with E-state index in [1.54, 1.807) is 11.3 Å². The predicted molar refractivity (Wildman–Crippen MR) is 86.5 cm³/mol. The molecule has 3 heterocycles. The molecule has 1 N–H and O–H groups in total. The number of aromatic nitrogens is 1. The van der Waals surface area contributed by atoms with Crippen molar-refractivity contribution in [2.24, 2.45) is 0 Å². The van der Waals surface area contributed by atoms with Gasteiger partial charge < -0.3 is 9.73 Å². The molecule has 21 heavy (non-hydrogen) atoms. The monoisotopic (exact) mass is 305 g/mol. The van der Waals surface area contributed by atoms with E-state index in [4.69, 9.17) is 9.40 Å². The number of piperidine rings is 1. The Kier molecular flexibility index (Phi) is 4.73. The van der Waals surface area contributed by atoms with Gasteiger partial charge in [0.2, 0.25) is 5.89 Å². The molecular formula is C16H23N3OS. The van der Waals surface area contributed by atoms with Crippen LogP contribution in [0.3, 0.4) is 0 Å². The molecule has 1 aliphatic heterocycles. The highest BCUT2D eigenvalue weighted by Gasteiger charge is 2.22. The van der Waals surface area contributed by atoms with Gasteiger partial charge in [0.15, 0.2) is 0 Å². The lowest BCUT2D eigenvalue weighted by Gasteiger charge is -2.33. The van der Waals surface area contributed by atoms with Gasteiger partial charge in [0.25, 0.3) is 0 Å². The van der Waals surface area contributed by atoms with E-state index in [1.165, 1.54) is 12.8 Å². The van der Waals surface area contributed by atoms with Crippen LogP contribution in [0, 0.1) is 6.92 Å². The van der Waals surface area contributed by atoms with Crippen LogP contribution in [0.1, 0.15) is 31.2 Å². The van der Waals surface area contributed by atoms with Gasteiger partial charge in [0, 0.05) is 19.1 Å². The van der Waals surface area contributed by atoms with E-state index >= 15 is 0 Å². The molecule has 1 saturated heterocycles. The van der Waals surface area contributed by atoms with Crippen molar-refractivity contribution in [1.29, 1.82) is 0 Å². The zero-order valence-corrected chi connectivity index (χ0v) is 13.6. The molecule has 0 amide bonds. The summed E-state index contributed by atoms with van der Waals surface area (Å²) in [7, 11) is 0. The molecule has 1 fully saturated rings. The molecule has 2 aromatic heterocycles. The van der Waals surface area contributed by atoms with Gasteiger partial charge >= 0.3 is 0 Å². The SMILES string of the molecule is CCN(Cc1nc(-c2cccs2)oc1C)C1CCCNC1. The van der Waals surface area contributed by atoms with Crippen LogP contribution in [-0.2, 0) is 6.54 Å². The van der Waals surface area contributed by atoms with Crippen molar-refractivity contribution in [2.75, 3.05) is 19.6 Å². The van der Waals surface area contributed by atoms with E-state index in [9.17, 15) is 0 Å². The fourth-order valence-corrected chi connectivity index (χ4v) is 3.57. The zero-order valence-electron chi connectivity index (χ0n) is 12.8. The van der Waals surface area contributed by atoms with Gasteiger partial charge in [0.1, 0.15) is 5.76 Å². The van der Waals surface area contributed by atoms with Crippen molar-refractivity contribution in [3.8, 4) is 10.8 Å². The first-order valence-electron chi connectivity index (χ1n) is 7.73. The first-order valence-corrected chi connectivity index (χ1v) is 8.61. The number of rotatable bonds is 5. The summed E-state index contributed by atoms with van der Waals surface area (Å²) in [5, 5.41) is 5.55. The summed E-state index contributed by atoms with van der Waals surface area (Å²) in [6, 6.07) is 4.71. The van der Waals surface area contributed by atoms with Crippen LogP contribution in [-0.4, -0.2) is 35.6 Å². The van der Waals surface area contributed by atoms with Gasteiger partial charge in [-0.1, -0.05) is 13.0 Å². The average molecular weight is 305 g/mol. The third-order valence-corrected chi connectivity index (χ3v) is 5.03. The molecule has 1 aliphatic rings. The van der Waals surface area contributed by atoms with Crippen LogP contribution in [0.5, 0.6) is 0 Å². The number of nitrogens with zero attached hydrogens (tertiary/aromatic N) is 2. The lowest BCUT2D eigenvalue weighted by molar-refractivity contribution is 0.164. The van der Waals surface area contributed by atoms with Crippen LogP contribution < -0.4 is 5.32 Å². The lowest BCUT2D eigenvalue weighted by Crippen LogP contribution is -2.45. The van der Waals surface area contributed by atoms with E-state index in [0.717, 1.165) is 48.4 Å². The van der Waals surface area contributed by atoms with Crippen molar-refractivity contribution >= 4 is 11.3 Å². The van der Waals surface area contributed by atoms with E-state index < -0.39 is 0 Å². The summed E-state index contributed by atoms with van der Waals surface area (Å²) < 4.78 is 5.85. The standard InChI is InChI=1S/C16H23N3OS/c1-3-19(13-6-4-8-17-10-13)11-14-12(2)20-16(18-14)15-7-5-9-21-15/h5,7,9,13,17H,3-4,6,8,10-11H2,1-2H3. The normalized spacial score (nSPS) is 19.3. The zero-order chi connectivity index (χ0) is 14.7. The van der Waals surface area contributed by atoms with Crippen LogP contribution >= 0.6 is 11.3 Å². The molecule has 5 heteroatoms. The topological polar surface area (TPSA) is 41.3 Å². The molecule has 0 saturated carbocycles. The second-order valence-electron chi connectivity index (χ2n) is 5.56. The minimum absolute atomic E-state index is 0.616. The lowest BCUT2D eigenvalue weighted by atomic mass is 10.1. The summed E-state index contributed by atoms with van der Waals surface area (Å²) in [4.78, 5) is 8.33. The molecule has 2 aromatic rings. The molecule has 0 aromatic carbocycles. The minimum Gasteiger partial charge on any atom is -0.440 e. The Morgan fingerprint density at radius 2 is 2.43 bits per heavy atom. The van der Waals surface area contributed by atoms with Gasteiger partial charge in [-0.15, -0.1) is 11.3 Å². The number of hydrogen-bond donors (Lipinski definition) is 1. The largest absolute Gasteiger partial charge is 0.440 e. The molecule has 0 bridgehead atoms. The fraction of sp³-hybridized carbons (Fsp3) is 0.562. The molecule has 1 unspecified atom stereocenters. The van der Waals surface area contributed by atoms with Gasteiger partial charge in [-0.2, -0.15) is 0 Å². The summed E-state index contributed by atoms with van der Waals surface area (Å²) in [6.45, 7) is 8.41. The summed E-state index contributed by atoms with van der Waals surface area (Å²) in [6.07, 6.45) is 2.54. The summed E-state index contributed by atoms with van der Waals surface area (Å²) >= 11 is 1.67. The Hall–Kier alpha value is -1.17. The van der Waals surface area contributed by atoms with Crippen LogP contribution in [0.15, 0.2) is 21.9 Å². The summed E-state index contributed by atoms with van der Waals surface area (Å²) in [5.74, 6) is 1.70. The number of likely N-dealkylation sites (N-methyl/N-ethyl adjacent to an activating group) is 1. The summed E-state index contributed by atoms with van der Waals surface area (Å²) in [5.41, 5.74) is 1.07. The van der Waals surface area contributed by atoms with E-state index in [2.05, 4.69) is 28.6 Å². The highest BCUT2D eigenvalue weighted by atomic mass is 32.1. The molecular weight excluding hydrogens is 282 g/mol. The van der Waals surface area contributed by atoms with Crippen molar-refractivity contribution in [3.63, 3.8) is 0 Å². The van der Waals surface area contributed by atoms with E-state index in [0.29, 0.717) is 6.04 Å². The molecule has 0 radical (unpaired) electrons. The van der Waals surface area contributed by atoms with Crippen molar-refractivity contribution < 1.29 is 4.42 Å². The Labute approximate surface area is 130 Å². The first kappa shape index (κ1) is 14.8. The highest BCUT2D eigenvalue weighted by molar-refractivity contribution is 7.13. The first-order chi connectivity index (χ1) is 10.3. The van der Waals surface area contributed by atoms with Crippen LogP contribution in [0.25, 0.3) is 10.8 Å². The number of hydrogen-bond acceptors (Lipinski definition) is 5. The van der Waals surface area contributed by atoms with Crippen LogP contribution in [0.2, 0.25) is 0 Å². The molecule has 0 aliphatic carbocycles. The number of nitrogens with one attached hydrogen (secondary N) is 1.